The number of carbonyl (C=O) groups excluding carboxylic acids is 4. The lowest BCUT2D eigenvalue weighted by Crippen LogP contribution is -2.27. The largest absolute Gasteiger partial charge is 0.288 e. The molecule has 8 heteroatoms. The number of benzene rings is 2. The average molecular weight is 671 g/mol. The van der Waals surface area contributed by atoms with Crippen LogP contribution in [0.15, 0.2) is 71.8 Å². The van der Waals surface area contributed by atoms with E-state index in [1.54, 1.807) is 77.3 Å². The van der Waals surface area contributed by atoms with Gasteiger partial charge in [-0.2, -0.15) is 0 Å². The molecular weight excluding hydrogens is 649 g/mol. The van der Waals surface area contributed by atoms with Crippen LogP contribution >= 0.6 is 45.3 Å². The van der Waals surface area contributed by atoms with Crippen molar-refractivity contribution in [2.45, 2.75) is 37.5 Å². The van der Waals surface area contributed by atoms with Crippen molar-refractivity contribution in [3.63, 3.8) is 0 Å². The van der Waals surface area contributed by atoms with E-state index in [1.165, 1.54) is 58.9 Å². The van der Waals surface area contributed by atoms with Gasteiger partial charge >= 0.3 is 0 Å². The quantitative estimate of drug-likeness (QED) is 0.136. The van der Waals surface area contributed by atoms with Crippen LogP contribution in [0.4, 0.5) is 0 Å². The van der Waals surface area contributed by atoms with Crippen LogP contribution in [0, 0.1) is 0 Å². The number of carbonyl (C=O) groups is 4. The van der Waals surface area contributed by atoms with E-state index in [2.05, 4.69) is 12.1 Å². The fourth-order valence-corrected chi connectivity index (χ4v) is 13.7. The number of hydrogen-bond donors (Lipinski definition) is 0. The van der Waals surface area contributed by atoms with Gasteiger partial charge in [-0.25, -0.2) is 0 Å². The van der Waals surface area contributed by atoms with Gasteiger partial charge < -0.3 is 0 Å². The second-order valence-electron chi connectivity index (χ2n) is 12.5. The summed E-state index contributed by atoms with van der Waals surface area (Å²) in [6.07, 6.45) is 9.39. The zero-order valence-corrected chi connectivity index (χ0v) is 27.5. The van der Waals surface area contributed by atoms with Crippen molar-refractivity contribution in [1.29, 1.82) is 0 Å². The molecule has 6 aromatic rings. The van der Waals surface area contributed by atoms with Gasteiger partial charge in [0.05, 0.1) is 30.1 Å². The van der Waals surface area contributed by atoms with Crippen molar-refractivity contribution in [3.05, 3.63) is 115 Å². The summed E-state index contributed by atoms with van der Waals surface area (Å²) in [5.41, 5.74) is 5.25. The van der Waals surface area contributed by atoms with E-state index in [9.17, 15) is 19.2 Å². The van der Waals surface area contributed by atoms with Crippen LogP contribution in [0.3, 0.4) is 0 Å². The molecule has 4 aliphatic rings. The van der Waals surface area contributed by atoms with E-state index in [-0.39, 0.29) is 39.7 Å². The van der Waals surface area contributed by atoms with Gasteiger partial charge in [0.15, 0.2) is 23.1 Å². The van der Waals surface area contributed by atoms with Crippen molar-refractivity contribution in [2.24, 2.45) is 0 Å². The Bertz CT molecular complexity index is 2410. The molecule has 0 atom stereocenters. The molecule has 1 saturated carbocycles. The van der Waals surface area contributed by atoms with Gasteiger partial charge in [0.1, 0.15) is 0 Å². The molecule has 2 aromatic carbocycles. The highest BCUT2D eigenvalue weighted by molar-refractivity contribution is 7.40. The highest BCUT2D eigenvalue weighted by Gasteiger charge is 2.48. The molecule has 4 aromatic heterocycles. The Morgan fingerprint density at radius 3 is 1.65 bits per heavy atom. The standard InChI is InChI=1S/C38H22O4S4/c39-29-20-8-2-3-9-21(20)30(40)24(29)14-18-16-26-33(43-18)35-28(38(26)12-6-1-7-13-38)36-37(46-35)34-27(45-36)17-19(44-34)15-25-31(41)22-10-4-5-11-23(22)32(25)42/h2-5,8-11,14-17H,1,6-7,12-13H2. The molecule has 0 radical (unpaired) electrons. The molecule has 1 spiro atoms. The maximum Gasteiger partial charge on any atom is 0.197 e. The molecule has 0 aliphatic heterocycles. The summed E-state index contributed by atoms with van der Waals surface area (Å²) in [6.45, 7) is 0. The third-order valence-electron chi connectivity index (χ3n) is 10.0. The lowest BCUT2D eigenvalue weighted by atomic mass is 9.68. The summed E-state index contributed by atoms with van der Waals surface area (Å²) < 4.78 is 5.06. The van der Waals surface area contributed by atoms with E-state index in [0.717, 1.165) is 22.6 Å². The molecule has 10 rings (SSSR count). The van der Waals surface area contributed by atoms with Crippen LogP contribution in [-0.2, 0) is 5.41 Å². The minimum Gasteiger partial charge on any atom is -0.288 e. The highest BCUT2D eigenvalue weighted by Crippen LogP contribution is 2.65. The van der Waals surface area contributed by atoms with E-state index < -0.39 is 0 Å². The zero-order chi connectivity index (χ0) is 30.9. The first-order valence-corrected chi connectivity index (χ1v) is 18.6. The van der Waals surface area contributed by atoms with Gasteiger partial charge in [0.2, 0.25) is 0 Å². The van der Waals surface area contributed by atoms with Crippen LogP contribution in [-0.4, -0.2) is 23.1 Å². The highest BCUT2D eigenvalue weighted by atomic mass is 32.1. The predicted octanol–water partition coefficient (Wildman–Crippen LogP) is 10.4. The second kappa shape index (κ2) is 9.48. The van der Waals surface area contributed by atoms with Crippen LogP contribution in [0.2, 0.25) is 0 Å². The Balaban J connectivity index is 1.09. The van der Waals surface area contributed by atoms with Gasteiger partial charge in [-0.1, -0.05) is 67.8 Å². The number of hydrogen-bond acceptors (Lipinski definition) is 8. The minimum atomic E-state index is -0.197. The van der Waals surface area contributed by atoms with Crippen LogP contribution in [0.1, 0.15) is 94.4 Å². The smallest absolute Gasteiger partial charge is 0.197 e. The fraction of sp³-hybridized carbons (Fsp3) is 0.158. The average Bonchev–Trinajstić information content (AvgIpc) is 3.92. The summed E-state index contributed by atoms with van der Waals surface area (Å²) >= 11 is 7.04. The maximum absolute atomic E-state index is 13.2. The van der Waals surface area contributed by atoms with Crippen molar-refractivity contribution in [2.75, 3.05) is 0 Å². The van der Waals surface area contributed by atoms with Gasteiger partial charge in [0, 0.05) is 52.6 Å². The molecule has 0 amide bonds. The Morgan fingerprint density at radius 2 is 1.09 bits per heavy atom. The molecule has 4 aliphatic carbocycles. The van der Waals surface area contributed by atoms with Gasteiger partial charge in [-0.05, 0) is 42.7 Å². The molecule has 1 fully saturated rings. The molecule has 0 bridgehead atoms. The first kappa shape index (κ1) is 27.1. The minimum absolute atomic E-state index is 0.0483. The van der Waals surface area contributed by atoms with Crippen LogP contribution in [0.5, 0.6) is 0 Å². The Labute approximate surface area is 279 Å². The Hall–Kier alpha value is -4.08. The molecule has 0 N–H and O–H groups in total. The number of allylic oxidation sites excluding steroid dienone is 2. The van der Waals surface area contributed by atoms with Gasteiger partial charge in [-0.3, -0.25) is 19.2 Å². The number of fused-ring (bicyclic) bond motifs is 11. The van der Waals surface area contributed by atoms with Gasteiger partial charge in [0.25, 0.3) is 0 Å². The van der Waals surface area contributed by atoms with E-state index in [1.807, 2.05) is 28.7 Å². The predicted molar refractivity (Wildman–Crippen MR) is 188 cm³/mol. The summed E-state index contributed by atoms with van der Waals surface area (Å²) in [4.78, 5) is 56.9. The molecule has 4 nitrogen and oxygen atoms in total. The fourth-order valence-electron chi connectivity index (χ4n) is 7.97. The lowest BCUT2D eigenvalue weighted by molar-refractivity contribution is 0.0975. The van der Waals surface area contributed by atoms with Crippen LogP contribution in [0.25, 0.3) is 40.7 Å². The SMILES string of the molecule is O=C1C(=Cc2cc3c(s2)-c2sc4c(sc5cc(C=C6C(=O)c7ccccc7C6=O)sc54)c2C32CCCCC2)C(=O)c2ccccc21. The number of thiophene rings is 4. The first-order chi connectivity index (χ1) is 22.4. The van der Waals surface area contributed by atoms with Crippen molar-refractivity contribution in [1.82, 2.24) is 0 Å². The summed E-state index contributed by atoms with van der Waals surface area (Å²) in [5.74, 6) is -0.764. The first-order valence-electron chi connectivity index (χ1n) is 15.4. The molecular formula is C38H22O4S4. The summed E-state index contributed by atoms with van der Waals surface area (Å²) in [6, 6.07) is 18.5. The monoisotopic (exact) mass is 670 g/mol. The van der Waals surface area contributed by atoms with Crippen molar-refractivity contribution >= 4 is 99.4 Å². The van der Waals surface area contributed by atoms with Crippen LogP contribution < -0.4 is 0 Å². The Morgan fingerprint density at radius 1 is 0.543 bits per heavy atom. The number of ketones is 4. The normalized spacial score (nSPS) is 17.8. The second-order valence-corrected chi connectivity index (χ2v) is 16.7. The summed E-state index contributed by atoms with van der Waals surface area (Å²) in [5, 5.41) is 0. The van der Waals surface area contributed by atoms with Crippen molar-refractivity contribution in [3.8, 4) is 9.75 Å². The molecule has 0 saturated heterocycles. The lowest BCUT2D eigenvalue weighted by Gasteiger charge is -2.35. The number of rotatable bonds is 2. The van der Waals surface area contributed by atoms with Gasteiger partial charge in [-0.15, -0.1) is 45.3 Å². The number of Topliss-reactive ketones (excluding diaryl/α,β-unsaturated/α-hetero) is 4. The van der Waals surface area contributed by atoms with Crippen molar-refractivity contribution < 1.29 is 19.2 Å². The van der Waals surface area contributed by atoms with E-state index in [0.29, 0.717) is 22.3 Å². The van der Waals surface area contributed by atoms with E-state index >= 15 is 0 Å². The third kappa shape index (κ3) is 3.47. The molecule has 4 heterocycles. The summed E-state index contributed by atoms with van der Waals surface area (Å²) in [7, 11) is 0. The molecule has 0 unspecified atom stereocenters. The molecule has 222 valence electrons. The van der Waals surface area contributed by atoms with E-state index in [4.69, 9.17) is 0 Å². The topological polar surface area (TPSA) is 68.3 Å². The third-order valence-corrected chi connectivity index (χ3v) is 15.1. The Kier molecular flexibility index (Phi) is 5.58. The molecule has 46 heavy (non-hydrogen) atoms. The maximum atomic E-state index is 13.2. The zero-order valence-electron chi connectivity index (χ0n) is 24.2.